The van der Waals surface area contributed by atoms with E-state index < -0.39 is 7.92 Å². The van der Waals surface area contributed by atoms with E-state index in [1.54, 1.807) is 13.3 Å². The Labute approximate surface area is 276 Å². The molecule has 3 aromatic rings. The maximum Gasteiger partial charge on any atom is 0.229 e. The molecule has 0 aliphatic carbocycles. The summed E-state index contributed by atoms with van der Waals surface area (Å²) in [6.07, 6.45) is 5.07. The molecule has 242 valence electrons. The van der Waals surface area contributed by atoms with Gasteiger partial charge < -0.3 is 34.6 Å². The number of methoxy groups -OCH3 is 1. The van der Waals surface area contributed by atoms with E-state index >= 15 is 0 Å². The van der Waals surface area contributed by atoms with E-state index in [1.165, 1.54) is 37.2 Å². The molecular weight excluding hydrogens is 653 g/mol. The zero-order chi connectivity index (χ0) is 31.7. The van der Waals surface area contributed by atoms with Gasteiger partial charge in [0.1, 0.15) is 24.8 Å². The summed E-state index contributed by atoms with van der Waals surface area (Å²) < 4.78 is 18.6. The molecule has 0 saturated carbocycles. The Balaban J connectivity index is 1.19. The molecule has 3 aliphatic rings. The first-order chi connectivity index (χ1) is 21.7. The van der Waals surface area contributed by atoms with Crippen LogP contribution in [0, 0.1) is 0 Å². The van der Waals surface area contributed by atoms with Crippen LogP contribution in [0.4, 0.5) is 28.8 Å². The van der Waals surface area contributed by atoms with Gasteiger partial charge in [-0.3, -0.25) is 4.90 Å². The number of piperidine rings is 1. The number of fused-ring (bicyclic) bond motifs is 1. The summed E-state index contributed by atoms with van der Waals surface area (Å²) >= 11 is 3.64. The molecule has 0 unspecified atom stereocenters. The van der Waals surface area contributed by atoms with E-state index in [9.17, 15) is 0 Å². The second-order valence-electron chi connectivity index (χ2n) is 12.3. The van der Waals surface area contributed by atoms with Crippen LogP contribution in [0.25, 0.3) is 0 Å². The molecule has 4 heterocycles. The molecule has 0 amide bonds. The van der Waals surface area contributed by atoms with Crippen LogP contribution in [0.1, 0.15) is 25.3 Å². The van der Waals surface area contributed by atoms with Crippen LogP contribution >= 0.6 is 23.9 Å². The van der Waals surface area contributed by atoms with Gasteiger partial charge in [0.05, 0.1) is 23.0 Å². The van der Waals surface area contributed by atoms with Crippen LogP contribution in [-0.4, -0.2) is 106 Å². The lowest BCUT2D eigenvalue weighted by atomic mass is 9.96. The zero-order valence-electron chi connectivity index (χ0n) is 27.2. The quantitative estimate of drug-likeness (QED) is 0.259. The number of likely N-dealkylation sites (tertiary alicyclic amines) is 1. The van der Waals surface area contributed by atoms with Gasteiger partial charge in [0.25, 0.3) is 0 Å². The fourth-order valence-electron chi connectivity index (χ4n) is 6.45. The lowest BCUT2D eigenvalue weighted by Crippen LogP contribution is -2.62. The summed E-state index contributed by atoms with van der Waals surface area (Å²) in [7, 11) is 5.62. The maximum atomic E-state index is 6.04. The van der Waals surface area contributed by atoms with Gasteiger partial charge >= 0.3 is 0 Å². The Morgan fingerprint density at radius 1 is 1.07 bits per heavy atom. The van der Waals surface area contributed by atoms with Crippen molar-refractivity contribution in [3.8, 4) is 17.2 Å². The van der Waals surface area contributed by atoms with Crippen molar-refractivity contribution < 1.29 is 14.2 Å². The number of aryl methyl sites for hydroxylation is 1. The van der Waals surface area contributed by atoms with Crippen molar-refractivity contribution in [2.75, 3.05) is 89.5 Å². The first-order valence-electron chi connectivity index (χ1n) is 15.8. The van der Waals surface area contributed by atoms with Gasteiger partial charge in [-0.2, -0.15) is 4.98 Å². The average molecular weight is 699 g/mol. The van der Waals surface area contributed by atoms with Crippen molar-refractivity contribution >= 4 is 58.0 Å². The van der Waals surface area contributed by atoms with E-state index in [-0.39, 0.29) is 0 Å². The molecule has 12 heteroatoms. The van der Waals surface area contributed by atoms with Gasteiger partial charge in [-0.25, -0.2) is 4.98 Å². The lowest BCUT2D eigenvalue weighted by Gasteiger charge is -2.49. The molecular formula is C33H45BrN7O3P. The third-order valence-electron chi connectivity index (χ3n) is 9.10. The molecule has 0 atom stereocenters. The highest BCUT2D eigenvalue weighted by molar-refractivity contribution is 9.10. The van der Waals surface area contributed by atoms with Crippen molar-refractivity contribution in [3.05, 3.63) is 40.5 Å². The van der Waals surface area contributed by atoms with Crippen LogP contribution in [0.2, 0.25) is 0 Å². The number of halogens is 1. The fraction of sp³-hybridized carbons (Fsp3) is 0.515. The minimum Gasteiger partial charge on any atom is -0.494 e. The number of aromatic nitrogens is 2. The van der Waals surface area contributed by atoms with Gasteiger partial charge in [-0.1, -0.05) is 14.8 Å². The number of anilines is 5. The molecule has 0 radical (unpaired) electrons. The van der Waals surface area contributed by atoms with E-state index in [1.807, 2.05) is 12.1 Å². The minimum atomic E-state index is -0.480. The van der Waals surface area contributed by atoms with E-state index in [0.29, 0.717) is 37.1 Å². The average Bonchev–Trinajstić information content (AvgIpc) is 3.01. The van der Waals surface area contributed by atoms with E-state index in [0.717, 1.165) is 57.9 Å². The third kappa shape index (κ3) is 6.82. The van der Waals surface area contributed by atoms with Crippen molar-refractivity contribution in [2.24, 2.45) is 0 Å². The number of rotatable bonds is 10. The summed E-state index contributed by atoms with van der Waals surface area (Å²) in [5.74, 6) is 3.54. The highest BCUT2D eigenvalue weighted by Gasteiger charge is 2.35. The molecule has 3 aliphatic heterocycles. The van der Waals surface area contributed by atoms with Crippen LogP contribution < -0.4 is 35.0 Å². The number of benzene rings is 2. The summed E-state index contributed by atoms with van der Waals surface area (Å²) in [5.41, 5.74) is 4.34. The van der Waals surface area contributed by atoms with Gasteiger partial charge in [0.15, 0.2) is 11.5 Å². The number of hydrogen-bond acceptors (Lipinski definition) is 10. The van der Waals surface area contributed by atoms with Crippen LogP contribution in [0.5, 0.6) is 17.2 Å². The Kier molecular flexibility index (Phi) is 9.90. The lowest BCUT2D eigenvalue weighted by molar-refractivity contribution is 0.0188. The molecule has 2 aromatic carbocycles. The molecule has 6 rings (SSSR count). The fourth-order valence-corrected chi connectivity index (χ4v) is 7.93. The van der Waals surface area contributed by atoms with Crippen LogP contribution in [-0.2, 0) is 6.42 Å². The van der Waals surface area contributed by atoms with Gasteiger partial charge in [0.2, 0.25) is 5.95 Å². The Morgan fingerprint density at radius 3 is 2.51 bits per heavy atom. The minimum absolute atomic E-state index is 0.480. The third-order valence-corrected chi connectivity index (χ3v) is 11.0. The second kappa shape index (κ2) is 13.9. The standard InChI is InChI=1S/C33H45BrN7O3P/c1-7-21-16-26(29(42-4)17-27(21)40-12-10-22(11-13-40)41-19-23(20-41)39(2)3)37-33-35-18-24(34)32(38-33)36-25-8-9-28-30(31(25)45(5)6)44-15-14-43-28/h8-9,16-18,22-23H,7,10-15,19-20H2,1-6H3,(H2,35,36,37,38). The number of hydrogen-bond donors (Lipinski definition) is 2. The maximum absolute atomic E-state index is 6.04. The van der Waals surface area contributed by atoms with Gasteiger partial charge in [0, 0.05) is 61.5 Å². The Morgan fingerprint density at radius 2 is 1.82 bits per heavy atom. The summed E-state index contributed by atoms with van der Waals surface area (Å²) in [6.45, 7) is 12.3. The van der Waals surface area contributed by atoms with Crippen molar-refractivity contribution in [1.29, 1.82) is 0 Å². The summed E-state index contributed by atoms with van der Waals surface area (Å²) in [4.78, 5) is 17.0. The van der Waals surface area contributed by atoms with Gasteiger partial charge in [-0.15, -0.1) is 0 Å². The van der Waals surface area contributed by atoms with E-state index in [2.05, 4.69) is 92.7 Å². The molecule has 2 saturated heterocycles. The number of likely N-dealkylation sites (N-methyl/N-ethyl adjacent to an activating group) is 1. The molecule has 2 fully saturated rings. The predicted octanol–water partition coefficient (Wildman–Crippen LogP) is 5.65. The SMILES string of the molecule is CCc1cc(Nc2ncc(Br)c(Nc3ccc4c(c3P(C)C)OCCO4)n2)c(OC)cc1N1CCC(N2CC(N(C)C)C2)CC1. The van der Waals surface area contributed by atoms with Crippen LogP contribution in [0.3, 0.4) is 0 Å². The number of ether oxygens (including phenoxy) is 3. The first-order valence-corrected chi connectivity index (χ1v) is 18.8. The highest BCUT2D eigenvalue weighted by Crippen LogP contribution is 2.42. The largest absolute Gasteiger partial charge is 0.494 e. The summed E-state index contributed by atoms with van der Waals surface area (Å²) in [5, 5.41) is 8.09. The van der Waals surface area contributed by atoms with Crippen LogP contribution in [0.15, 0.2) is 34.9 Å². The molecule has 45 heavy (non-hydrogen) atoms. The molecule has 2 N–H and O–H groups in total. The van der Waals surface area contributed by atoms with E-state index in [4.69, 9.17) is 19.2 Å². The molecule has 0 bridgehead atoms. The normalized spacial score (nSPS) is 17.5. The molecule has 1 aromatic heterocycles. The topological polar surface area (TPSA) is 87.2 Å². The Bertz CT molecular complexity index is 1510. The Hall–Kier alpha value is -2.85. The smallest absolute Gasteiger partial charge is 0.229 e. The molecule has 0 spiro atoms. The van der Waals surface area contributed by atoms with Crippen molar-refractivity contribution in [1.82, 2.24) is 19.8 Å². The zero-order valence-corrected chi connectivity index (χ0v) is 29.7. The monoisotopic (exact) mass is 697 g/mol. The summed E-state index contributed by atoms with van der Waals surface area (Å²) in [6, 6.07) is 9.75. The highest BCUT2D eigenvalue weighted by atomic mass is 79.9. The number of nitrogens with one attached hydrogen (secondary N) is 2. The van der Waals surface area contributed by atoms with Crippen molar-refractivity contribution in [3.63, 3.8) is 0 Å². The number of nitrogens with zero attached hydrogens (tertiary/aromatic N) is 5. The predicted molar refractivity (Wildman–Crippen MR) is 189 cm³/mol. The van der Waals surface area contributed by atoms with Crippen molar-refractivity contribution in [2.45, 2.75) is 38.3 Å². The van der Waals surface area contributed by atoms with Gasteiger partial charge in [-0.05, 0) is 86.4 Å². The second-order valence-corrected chi connectivity index (χ2v) is 15.4. The molecule has 10 nitrogen and oxygen atoms in total. The first kappa shape index (κ1) is 32.1.